The molecule has 2 saturated heterocycles. The van der Waals surface area contributed by atoms with E-state index in [0.29, 0.717) is 6.10 Å². The number of rotatable bonds is 7. The van der Waals surface area contributed by atoms with Crippen LogP contribution in [0.25, 0.3) is 0 Å². The van der Waals surface area contributed by atoms with Crippen LogP contribution in [0.1, 0.15) is 57.1 Å². The minimum atomic E-state index is 0.413. The molecule has 2 aliphatic rings. The Morgan fingerprint density at radius 3 is 2.32 bits per heavy atom. The van der Waals surface area contributed by atoms with Crippen molar-refractivity contribution in [2.75, 3.05) is 39.3 Å². The molecule has 156 valence electrons. The summed E-state index contributed by atoms with van der Waals surface area (Å²) >= 11 is 0. The summed E-state index contributed by atoms with van der Waals surface area (Å²) < 4.78 is 5.78. The summed E-state index contributed by atoms with van der Waals surface area (Å²) in [6.07, 6.45) is 6.68. The molecule has 0 bridgehead atoms. The predicted octanol–water partition coefficient (Wildman–Crippen LogP) is 3.64. The van der Waals surface area contributed by atoms with Crippen LogP contribution in [0.4, 0.5) is 0 Å². The average Bonchev–Trinajstić information content (AvgIpc) is 2.74. The van der Waals surface area contributed by atoms with Gasteiger partial charge < -0.3 is 15.0 Å². The van der Waals surface area contributed by atoms with Gasteiger partial charge in [-0.3, -0.25) is 4.90 Å². The molecule has 0 spiro atoms. The van der Waals surface area contributed by atoms with Crippen molar-refractivity contribution in [2.24, 2.45) is 4.99 Å². The van der Waals surface area contributed by atoms with E-state index in [0.717, 1.165) is 58.1 Å². The first-order valence-electron chi connectivity index (χ1n) is 11.2. The Morgan fingerprint density at radius 2 is 1.68 bits per heavy atom. The molecular formula is C23H38N4O. The molecule has 5 nitrogen and oxygen atoms in total. The fourth-order valence-electron chi connectivity index (χ4n) is 4.19. The van der Waals surface area contributed by atoms with Crippen LogP contribution in [-0.4, -0.2) is 61.2 Å². The van der Waals surface area contributed by atoms with Crippen molar-refractivity contribution in [1.82, 2.24) is 15.1 Å². The molecule has 5 heteroatoms. The molecule has 2 heterocycles. The van der Waals surface area contributed by atoms with Crippen molar-refractivity contribution in [3.63, 3.8) is 0 Å². The van der Waals surface area contributed by atoms with Gasteiger partial charge in [0.2, 0.25) is 0 Å². The van der Waals surface area contributed by atoms with Gasteiger partial charge in [0.05, 0.1) is 12.6 Å². The zero-order valence-corrected chi connectivity index (χ0v) is 17.8. The van der Waals surface area contributed by atoms with Crippen molar-refractivity contribution in [3.05, 3.63) is 35.4 Å². The summed E-state index contributed by atoms with van der Waals surface area (Å²) in [6.45, 7) is 12.3. The maximum Gasteiger partial charge on any atom is 0.194 e. The lowest BCUT2D eigenvalue weighted by Crippen LogP contribution is -2.47. The zero-order chi connectivity index (χ0) is 19.6. The lowest BCUT2D eigenvalue weighted by Gasteiger charge is -2.34. The van der Waals surface area contributed by atoms with Crippen LogP contribution >= 0.6 is 0 Å². The maximum atomic E-state index is 5.78. The molecule has 1 aromatic rings. The Bertz CT molecular complexity index is 587. The van der Waals surface area contributed by atoms with E-state index in [1.54, 1.807) is 0 Å². The Labute approximate surface area is 171 Å². The van der Waals surface area contributed by atoms with Gasteiger partial charge in [0.15, 0.2) is 5.96 Å². The molecule has 2 aliphatic heterocycles. The smallest absolute Gasteiger partial charge is 0.194 e. The highest BCUT2D eigenvalue weighted by Crippen LogP contribution is 2.16. The first-order chi connectivity index (χ1) is 13.8. The van der Waals surface area contributed by atoms with Crippen molar-refractivity contribution in [3.8, 4) is 0 Å². The normalized spacial score (nSPS) is 19.8. The van der Waals surface area contributed by atoms with Gasteiger partial charge in [0, 0.05) is 32.8 Å². The van der Waals surface area contributed by atoms with E-state index in [1.807, 2.05) is 0 Å². The highest BCUT2D eigenvalue weighted by atomic mass is 16.5. The minimum Gasteiger partial charge on any atom is -0.378 e. The Hall–Kier alpha value is -1.59. The third kappa shape index (κ3) is 6.49. The molecule has 0 amide bonds. The van der Waals surface area contributed by atoms with Gasteiger partial charge in [0.1, 0.15) is 0 Å². The number of hydrogen-bond acceptors (Lipinski definition) is 3. The van der Waals surface area contributed by atoms with Crippen LogP contribution in [0.2, 0.25) is 0 Å². The molecule has 0 radical (unpaired) electrons. The summed E-state index contributed by atoms with van der Waals surface area (Å²) in [6, 6.07) is 9.04. The fraction of sp³-hybridized carbons (Fsp3) is 0.696. The third-order valence-electron chi connectivity index (χ3n) is 5.77. The summed E-state index contributed by atoms with van der Waals surface area (Å²) in [5.74, 6) is 1.04. The molecule has 3 rings (SSSR count). The van der Waals surface area contributed by atoms with Gasteiger partial charge in [-0.2, -0.15) is 0 Å². The lowest BCUT2D eigenvalue weighted by atomic mass is 10.1. The number of ether oxygens (including phenoxy) is 1. The standard InChI is InChI=1S/C23H38N4O/c1-3-24-23(27-16-12-22(13-17-27)28-4-2)25-18-20-8-10-21(11-9-20)19-26-14-6-5-7-15-26/h8-11,22H,3-7,12-19H2,1-2H3,(H,24,25). The van der Waals surface area contributed by atoms with Crippen LogP contribution in [-0.2, 0) is 17.8 Å². The summed E-state index contributed by atoms with van der Waals surface area (Å²) in [7, 11) is 0. The number of nitrogens with one attached hydrogen (secondary N) is 1. The average molecular weight is 387 g/mol. The molecule has 0 unspecified atom stereocenters. The van der Waals surface area contributed by atoms with Crippen molar-refractivity contribution >= 4 is 5.96 Å². The number of likely N-dealkylation sites (tertiary alicyclic amines) is 2. The van der Waals surface area contributed by atoms with Crippen LogP contribution in [0, 0.1) is 0 Å². The highest BCUT2D eigenvalue weighted by Gasteiger charge is 2.21. The van der Waals surface area contributed by atoms with E-state index >= 15 is 0 Å². The molecule has 1 N–H and O–H groups in total. The van der Waals surface area contributed by atoms with Gasteiger partial charge in [0.25, 0.3) is 0 Å². The van der Waals surface area contributed by atoms with Crippen molar-refractivity contribution in [2.45, 2.75) is 65.1 Å². The fourth-order valence-corrected chi connectivity index (χ4v) is 4.19. The monoisotopic (exact) mass is 386 g/mol. The van der Waals surface area contributed by atoms with Crippen LogP contribution in [0.5, 0.6) is 0 Å². The van der Waals surface area contributed by atoms with E-state index in [9.17, 15) is 0 Å². The van der Waals surface area contributed by atoms with Gasteiger partial charge >= 0.3 is 0 Å². The Balaban J connectivity index is 1.52. The van der Waals surface area contributed by atoms with Gasteiger partial charge in [-0.05, 0) is 63.7 Å². The van der Waals surface area contributed by atoms with Gasteiger partial charge in [-0.15, -0.1) is 0 Å². The van der Waals surface area contributed by atoms with E-state index in [-0.39, 0.29) is 0 Å². The largest absolute Gasteiger partial charge is 0.378 e. The number of hydrogen-bond donors (Lipinski definition) is 1. The SMILES string of the molecule is CCNC(=NCc1ccc(CN2CCCCC2)cc1)N1CCC(OCC)CC1. The van der Waals surface area contributed by atoms with E-state index in [2.05, 4.69) is 53.2 Å². The topological polar surface area (TPSA) is 40.1 Å². The molecule has 1 aromatic carbocycles. The quantitative estimate of drug-likeness (QED) is 0.574. The first-order valence-corrected chi connectivity index (χ1v) is 11.2. The number of benzene rings is 1. The summed E-state index contributed by atoms with van der Waals surface area (Å²) in [5, 5.41) is 3.46. The molecule has 0 aromatic heterocycles. The second-order valence-corrected chi connectivity index (χ2v) is 7.97. The van der Waals surface area contributed by atoms with E-state index in [1.165, 1.54) is 43.5 Å². The number of piperidine rings is 2. The van der Waals surface area contributed by atoms with Crippen LogP contribution in [0.3, 0.4) is 0 Å². The molecule has 28 heavy (non-hydrogen) atoms. The van der Waals surface area contributed by atoms with Crippen LogP contribution < -0.4 is 5.32 Å². The molecule has 2 fully saturated rings. The molecule has 0 atom stereocenters. The maximum absolute atomic E-state index is 5.78. The Morgan fingerprint density at radius 1 is 1.00 bits per heavy atom. The third-order valence-corrected chi connectivity index (χ3v) is 5.77. The van der Waals surface area contributed by atoms with Gasteiger partial charge in [-0.25, -0.2) is 4.99 Å². The molecule has 0 aliphatic carbocycles. The lowest BCUT2D eigenvalue weighted by molar-refractivity contribution is 0.0263. The Kier molecular flexibility index (Phi) is 8.62. The predicted molar refractivity (Wildman–Crippen MR) is 117 cm³/mol. The summed E-state index contributed by atoms with van der Waals surface area (Å²) in [4.78, 5) is 9.86. The van der Waals surface area contributed by atoms with Crippen molar-refractivity contribution in [1.29, 1.82) is 0 Å². The number of aliphatic imine (C=N–C) groups is 1. The second kappa shape index (κ2) is 11.4. The number of guanidine groups is 1. The molecular weight excluding hydrogens is 348 g/mol. The minimum absolute atomic E-state index is 0.413. The van der Waals surface area contributed by atoms with Crippen LogP contribution in [0.15, 0.2) is 29.3 Å². The molecule has 0 saturated carbocycles. The summed E-state index contributed by atoms with van der Waals surface area (Å²) in [5.41, 5.74) is 2.70. The zero-order valence-electron chi connectivity index (χ0n) is 17.8. The van der Waals surface area contributed by atoms with E-state index < -0.39 is 0 Å². The van der Waals surface area contributed by atoms with Crippen molar-refractivity contribution < 1.29 is 4.74 Å². The second-order valence-electron chi connectivity index (χ2n) is 7.97. The first kappa shape index (κ1) is 21.1. The van der Waals surface area contributed by atoms with E-state index in [4.69, 9.17) is 9.73 Å². The number of nitrogens with zero attached hydrogens (tertiary/aromatic N) is 3. The van der Waals surface area contributed by atoms with Gasteiger partial charge in [-0.1, -0.05) is 30.7 Å². The highest BCUT2D eigenvalue weighted by molar-refractivity contribution is 5.80.